The van der Waals surface area contributed by atoms with Crippen LogP contribution in [0.2, 0.25) is 0 Å². The third-order valence-corrected chi connectivity index (χ3v) is 5.18. The highest BCUT2D eigenvalue weighted by Gasteiger charge is 2.26. The van der Waals surface area contributed by atoms with E-state index in [1.807, 2.05) is 13.2 Å². The Hall–Kier alpha value is -0.730. The second kappa shape index (κ2) is 5.94. The molecular formula is C10H20N4O2S2. The molecule has 0 saturated heterocycles. The summed E-state index contributed by atoms with van der Waals surface area (Å²) in [5.41, 5.74) is 6.20. The number of nitrogens with one attached hydrogen (secondary N) is 1. The van der Waals surface area contributed by atoms with Gasteiger partial charge in [0.15, 0.2) is 5.82 Å². The maximum atomic E-state index is 12.3. The average Bonchev–Trinajstić information content (AvgIpc) is 2.52. The fourth-order valence-corrected chi connectivity index (χ4v) is 4.13. The molecule has 0 aliphatic heterocycles. The molecule has 1 unspecified atom stereocenters. The second-order valence-electron chi connectivity index (χ2n) is 4.11. The minimum Gasteiger partial charge on any atom is -0.381 e. The number of nitrogens with two attached hydrogens (primary N) is 1. The maximum Gasteiger partial charge on any atom is 0.246 e. The Morgan fingerprint density at radius 2 is 2.17 bits per heavy atom. The molecule has 0 amide bonds. The fraction of sp³-hybridized carbons (Fsp3) is 0.700. The van der Waals surface area contributed by atoms with Crippen molar-refractivity contribution in [1.82, 2.24) is 14.5 Å². The van der Waals surface area contributed by atoms with Gasteiger partial charge in [0, 0.05) is 18.8 Å². The molecule has 8 heteroatoms. The minimum atomic E-state index is -3.61. The van der Waals surface area contributed by atoms with E-state index in [1.54, 1.807) is 25.7 Å². The Labute approximate surface area is 112 Å². The van der Waals surface area contributed by atoms with Crippen LogP contribution >= 0.6 is 11.8 Å². The van der Waals surface area contributed by atoms with Gasteiger partial charge in [-0.3, -0.25) is 4.68 Å². The molecule has 0 saturated carbocycles. The summed E-state index contributed by atoms with van der Waals surface area (Å²) in [5, 5.41) is 3.93. The van der Waals surface area contributed by atoms with Crippen molar-refractivity contribution < 1.29 is 8.42 Å². The van der Waals surface area contributed by atoms with Crippen molar-refractivity contribution in [2.24, 2.45) is 7.05 Å². The van der Waals surface area contributed by atoms with E-state index < -0.39 is 10.0 Å². The summed E-state index contributed by atoms with van der Waals surface area (Å²) in [6.45, 7) is 3.64. The Kier molecular flexibility index (Phi) is 5.06. The van der Waals surface area contributed by atoms with Crippen molar-refractivity contribution in [3.05, 3.63) is 5.69 Å². The number of nitrogens with zero attached hydrogens (tertiary/aromatic N) is 2. The van der Waals surface area contributed by atoms with Gasteiger partial charge in [0.25, 0.3) is 0 Å². The number of rotatable bonds is 6. The first-order valence-electron chi connectivity index (χ1n) is 5.63. The second-order valence-corrected chi connectivity index (χ2v) is 6.67. The van der Waals surface area contributed by atoms with Crippen molar-refractivity contribution in [2.45, 2.75) is 31.2 Å². The Bertz CT molecular complexity index is 510. The van der Waals surface area contributed by atoms with Crippen LogP contribution in [0.5, 0.6) is 0 Å². The number of sulfonamides is 1. The summed E-state index contributed by atoms with van der Waals surface area (Å²) >= 11 is 1.60. The van der Waals surface area contributed by atoms with Gasteiger partial charge in [0.2, 0.25) is 10.0 Å². The van der Waals surface area contributed by atoms with Crippen LogP contribution in [0.3, 0.4) is 0 Å². The van der Waals surface area contributed by atoms with Crippen molar-refractivity contribution in [1.29, 1.82) is 0 Å². The third kappa shape index (κ3) is 3.18. The van der Waals surface area contributed by atoms with Crippen LogP contribution in [0.25, 0.3) is 0 Å². The smallest absolute Gasteiger partial charge is 0.246 e. The summed E-state index contributed by atoms with van der Waals surface area (Å²) in [5.74, 6) is 0.774. The van der Waals surface area contributed by atoms with Crippen LogP contribution < -0.4 is 10.5 Å². The van der Waals surface area contributed by atoms with Gasteiger partial charge in [0.05, 0.1) is 5.69 Å². The van der Waals surface area contributed by atoms with Crippen molar-refractivity contribution in [2.75, 3.05) is 17.7 Å². The van der Waals surface area contributed by atoms with E-state index in [1.165, 1.54) is 4.68 Å². The number of anilines is 1. The first-order valence-corrected chi connectivity index (χ1v) is 8.51. The lowest BCUT2D eigenvalue weighted by atomic mass is 10.3. The molecule has 0 aliphatic rings. The van der Waals surface area contributed by atoms with Crippen LogP contribution in [0.4, 0.5) is 5.82 Å². The predicted molar refractivity (Wildman–Crippen MR) is 75.1 cm³/mol. The first-order chi connectivity index (χ1) is 8.33. The lowest BCUT2D eigenvalue weighted by Crippen LogP contribution is -2.36. The lowest BCUT2D eigenvalue weighted by Gasteiger charge is -2.15. The van der Waals surface area contributed by atoms with E-state index >= 15 is 0 Å². The van der Waals surface area contributed by atoms with E-state index in [-0.39, 0.29) is 16.8 Å². The number of aryl methyl sites for hydroxylation is 1. The summed E-state index contributed by atoms with van der Waals surface area (Å²) in [7, 11) is -1.94. The van der Waals surface area contributed by atoms with Crippen molar-refractivity contribution >= 4 is 27.6 Å². The zero-order chi connectivity index (χ0) is 13.9. The highest BCUT2D eigenvalue weighted by Crippen LogP contribution is 2.21. The van der Waals surface area contributed by atoms with Crippen LogP contribution in [0.15, 0.2) is 4.90 Å². The summed E-state index contributed by atoms with van der Waals surface area (Å²) in [4.78, 5) is 0.0875. The number of nitrogen functional groups attached to an aromatic ring is 1. The highest BCUT2D eigenvalue weighted by molar-refractivity contribution is 7.98. The van der Waals surface area contributed by atoms with Gasteiger partial charge in [0.1, 0.15) is 4.90 Å². The maximum absolute atomic E-state index is 12.3. The van der Waals surface area contributed by atoms with Gasteiger partial charge in [-0.25, -0.2) is 13.1 Å². The fourth-order valence-electron chi connectivity index (χ4n) is 1.66. The number of aromatic nitrogens is 2. The van der Waals surface area contributed by atoms with E-state index in [2.05, 4.69) is 9.82 Å². The van der Waals surface area contributed by atoms with Gasteiger partial charge in [-0.05, 0) is 19.6 Å². The normalized spacial score (nSPS) is 13.8. The molecule has 1 aromatic heterocycles. The van der Waals surface area contributed by atoms with E-state index in [4.69, 9.17) is 5.73 Å². The first kappa shape index (κ1) is 15.3. The molecule has 0 fully saturated rings. The molecule has 0 aromatic carbocycles. The van der Waals surface area contributed by atoms with Crippen molar-refractivity contribution in [3.63, 3.8) is 0 Å². The molecule has 1 aromatic rings. The molecule has 3 N–H and O–H groups in total. The zero-order valence-corrected chi connectivity index (χ0v) is 12.7. The van der Waals surface area contributed by atoms with E-state index in [9.17, 15) is 8.42 Å². The predicted octanol–water partition coefficient (Wildman–Crippen LogP) is 0.731. The molecular weight excluding hydrogens is 272 g/mol. The summed E-state index contributed by atoms with van der Waals surface area (Å²) < 4.78 is 28.7. The molecule has 1 rings (SSSR count). The number of hydrogen-bond acceptors (Lipinski definition) is 5. The van der Waals surface area contributed by atoms with Gasteiger partial charge >= 0.3 is 0 Å². The zero-order valence-electron chi connectivity index (χ0n) is 11.1. The van der Waals surface area contributed by atoms with Gasteiger partial charge in [-0.15, -0.1) is 0 Å². The van der Waals surface area contributed by atoms with Crippen LogP contribution in [0.1, 0.15) is 19.0 Å². The van der Waals surface area contributed by atoms with E-state index in [0.29, 0.717) is 5.69 Å². The molecule has 104 valence electrons. The minimum absolute atomic E-state index is 0.0431. The molecule has 0 aliphatic carbocycles. The Morgan fingerprint density at radius 1 is 1.56 bits per heavy atom. The highest BCUT2D eigenvalue weighted by atomic mass is 32.2. The molecule has 18 heavy (non-hydrogen) atoms. The number of hydrogen-bond donors (Lipinski definition) is 2. The standard InChI is InChI=1S/C10H20N4O2S2/c1-5-8(6-17-4)13-18(15,16)9-7(2)14(3)12-10(9)11/h8,13H,5-6H2,1-4H3,(H2,11,12). The topological polar surface area (TPSA) is 90.0 Å². The molecule has 0 spiro atoms. The lowest BCUT2D eigenvalue weighted by molar-refractivity contribution is 0.557. The van der Waals surface area contributed by atoms with Gasteiger partial charge in [-0.2, -0.15) is 16.9 Å². The van der Waals surface area contributed by atoms with E-state index in [0.717, 1.165) is 12.2 Å². The third-order valence-electron chi connectivity index (χ3n) is 2.76. The Morgan fingerprint density at radius 3 is 2.56 bits per heavy atom. The van der Waals surface area contributed by atoms with Crippen molar-refractivity contribution in [3.8, 4) is 0 Å². The summed E-state index contributed by atoms with van der Waals surface area (Å²) in [6, 6.07) is -0.0935. The van der Waals surface area contributed by atoms with Crippen LogP contribution in [-0.4, -0.2) is 36.2 Å². The molecule has 6 nitrogen and oxygen atoms in total. The monoisotopic (exact) mass is 292 g/mol. The van der Waals surface area contributed by atoms with Gasteiger partial charge < -0.3 is 5.73 Å². The molecule has 0 radical (unpaired) electrons. The largest absolute Gasteiger partial charge is 0.381 e. The van der Waals surface area contributed by atoms with Crippen LogP contribution in [-0.2, 0) is 17.1 Å². The quantitative estimate of drug-likeness (QED) is 0.807. The summed E-state index contributed by atoms with van der Waals surface area (Å²) in [6.07, 6.45) is 2.68. The SMILES string of the molecule is CCC(CSC)NS(=O)(=O)c1c(N)nn(C)c1C. The molecule has 1 heterocycles. The van der Waals surface area contributed by atoms with Gasteiger partial charge in [-0.1, -0.05) is 6.92 Å². The Balaban J connectivity index is 3.06. The van der Waals surface area contributed by atoms with Crippen LogP contribution in [0, 0.1) is 6.92 Å². The average molecular weight is 292 g/mol. The number of thioether (sulfide) groups is 1. The molecule has 1 atom stereocenters. The molecule has 0 bridgehead atoms.